The number of nitrogens with one attached hydrogen (secondary N) is 1. The van der Waals surface area contributed by atoms with Gasteiger partial charge in [-0.15, -0.1) is 0 Å². The number of aryl methyl sites for hydroxylation is 4. The molecule has 1 N–H and O–H groups in total. The van der Waals surface area contributed by atoms with Crippen molar-refractivity contribution in [1.29, 1.82) is 0 Å². The first-order valence-corrected chi connectivity index (χ1v) is 7.35. The molecule has 0 radical (unpaired) electrons. The lowest BCUT2D eigenvalue weighted by Gasteiger charge is -2.08. The van der Waals surface area contributed by atoms with E-state index < -0.39 is 0 Å². The van der Waals surface area contributed by atoms with E-state index in [1.165, 1.54) is 22.3 Å². The molecule has 0 spiro atoms. The molecule has 0 saturated carbocycles. The molecule has 1 aromatic heterocycles. The summed E-state index contributed by atoms with van der Waals surface area (Å²) in [6.07, 6.45) is 3.80. The molecule has 108 valence electrons. The lowest BCUT2D eigenvalue weighted by molar-refractivity contribution is 0.492. The van der Waals surface area contributed by atoms with E-state index in [2.05, 4.69) is 50.1 Å². The second kappa shape index (κ2) is 6.71. The van der Waals surface area contributed by atoms with Gasteiger partial charge in [-0.25, -0.2) is 4.98 Å². The van der Waals surface area contributed by atoms with Gasteiger partial charge in [0.15, 0.2) is 11.7 Å². The van der Waals surface area contributed by atoms with Crippen molar-refractivity contribution in [2.75, 3.05) is 13.1 Å². The number of oxazole rings is 1. The van der Waals surface area contributed by atoms with Gasteiger partial charge in [-0.1, -0.05) is 24.6 Å². The van der Waals surface area contributed by atoms with Crippen molar-refractivity contribution in [1.82, 2.24) is 10.3 Å². The quantitative estimate of drug-likeness (QED) is 0.813. The van der Waals surface area contributed by atoms with Crippen LogP contribution in [0.4, 0.5) is 0 Å². The minimum atomic E-state index is 0.831. The first-order chi connectivity index (χ1) is 9.61. The maximum atomic E-state index is 5.91. The maximum Gasteiger partial charge on any atom is 0.194 e. The topological polar surface area (TPSA) is 38.1 Å². The summed E-state index contributed by atoms with van der Waals surface area (Å²) in [4.78, 5) is 4.40. The van der Waals surface area contributed by atoms with Crippen LogP contribution in [0.5, 0.6) is 0 Å². The monoisotopic (exact) mass is 272 g/mol. The van der Waals surface area contributed by atoms with Crippen LogP contribution >= 0.6 is 0 Å². The molecule has 0 aliphatic heterocycles. The van der Waals surface area contributed by atoms with E-state index in [-0.39, 0.29) is 0 Å². The van der Waals surface area contributed by atoms with E-state index in [1.807, 2.05) is 6.20 Å². The summed E-state index contributed by atoms with van der Waals surface area (Å²) in [5.74, 6) is 1.72. The molecule has 0 fully saturated rings. The van der Waals surface area contributed by atoms with Gasteiger partial charge >= 0.3 is 0 Å². The van der Waals surface area contributed by atoms with Gasteiger partial charge in [0.05, 0.1) is 6.20 Å². The Bertz CT molecular complexity index is 549. The van der Waals surface area contributed by atoms with Crippen molar-refractivity contribution in [3.05, 3.63) is 40.9 Å². The molecule has 0 aliphatic carbocycles. The van der Waals surface area contributed by atoms with Gasteiger partial charge in [0, 0.05) is 12.0 Å². The summed E-state index contributed by atoms with van der Waals surface area (Å²) < 4.78 is 5.91. The minimum Gasteiger partial charge on any atom is -0.441 e. The molecule has 20 heavy (non-hydrogen) atoms. The zero-order valence-electron chi connectivity index (χ0n) is 12.9. The van der Waals surface area contributed by atoms with Gasteiger partial charge in [-0.2, -0.15) is 0 Å². The fraction of sp³-hybridized carbons (Fsp3) is 0.471. The summed E-state index contributed by atoms with van der Waals surface area (Å²) in [5.41, 5.74) is 4.96. The highest BCUT2D eigenvalue weighted by Crippen LogP contribution is 2.29. The van der Waals surface area contributed by atoms with Crippen LogP contribution in [-0.4, -0.2) is 18.1 Å². The van der Waals surface area contributed by atoms with Crippen molar-refractivity contribution in [3.8, 4) is 11.3 Å². The van der Waals surface area contributed by atoms with E-state index >= 15 is 0 Å². The van der Waals surface area contributed by atoms with Crippen molar-refractivity contribution in [2.45, 2.75) is 40.5 Å². The van der Waals surface area contributed by atoms with Crippen LogP contribution in [0, 0.1) is 20.8 Å². The Labute approximate surface area is 121 Å². The zero-order chi connectivity index (χ0) is 14.5. The van der Waals surface area contributed by atoms with Crippen LogP contribution in [0.1, 0.15) is 35.9 Å². The van der Waals surface area contributed by atoms with Crippen LogP contribution in [0.3, 0.4) is 0 Å². The number of rotatable bonds is 6. The molecule has 0 aliphatic rings. The fourth-order valence-electron chi connectivity index (χ4n) is 2.65. The first-order valence-electron chi connectivity index (χ1n) is 7.35. The van der Waals surface area contributed by atoms with Crippen LogP contribution in [0.15, 0.2) is 22.7 Å². The largest absolute Gasteiger partial charge is 0.441 e. The molecule has 0 amide bonds. The molecule has 0 saturated heterocycles. The molecule has 2 rings (SSSR count). The third-order valence-corrected chi connectivity index (χ3v) is 3.47. The van der Waals surface area contributed by atoms with Gasteiger partial charge in [0.2, 0.25) is 0 Å². The Morgan fingerprint density at radius 1 is 1.15 bits per heavy atom. The van der Waals surface area contributed by atoms with Crippen molar-refractivity contribution < 1.29 is 4.42 Å². The first kappa shape index (κ1) is 14.8. The molecule has 0 bridgehead atoms. The summed E-state index contributed by atoms with van der Waals surface area (Å²) in [6.45, 7) is 10.5. The number of aromatic nitrogens is 1. The molecule has 2 aromatic rings. The normalized spacial score (nSPS) is 11.0. The van der Waals surface area contributed by atoms with E-state index in [1.54, 1.807) is 0 Å². The highest BCUT2D eigenvalue weighted by Gasteiger charge is 2.11. The van der Waals surface area contributed by atoms with Gasteiger partial charge in [0.1, 0.15) is 0 Å². The molecule has 1 heterocycles. The Morgan fingerprint density at radius 3 is 2.50 bits per heavy atom. The Hall–Kier alpha value is -1.61. The lowest BCUT2D eigenvalue weighted by atomic mass is 9.98. The molecule has 1 aromatic carbocycles. The molecule has 0 unspecified atom stereocenters. The van der Waals surface area contributed by atoms with E-state index in [4.69, 9.17) is 4.42 Å². The maximum absolute atomic E-state index is 5.91. The average molecular weight is 272 g/mol. The summed E-state index contributed by atoms with van der Waals surface area (Å²) in [6, 6.07) is 4.38. The van der Waals surface area contributed by atoms with Crippen LogP contribution in [0.2, 0.25) is 0 Å². The predicted octanol–water partition coefficient (Wildman–Crippen LogP) is 3.81. The van der Waals surface area contributed by atoms with Crippen molar-refractivity contribution >= 4 is 0 Å². The number of hydrogen-bond donors (Lipinski definition) is 1. The van der Waals surface area contributed by atoms with E-state index in [0.717, 1.165) is 37.6 Å². The Kier molecular flexibility index (Phi) is 4.96. The predicted molar refractivity (Wildman–Crippen MR) is 83.0 cm³/mol. The number of nitrogens with zero attached hydrogens (tertiary/aromatic N) is 1. The second-order valence-corrected chi connectivity index (χ2v) is 5.35. The summed E-state index contributed by atoms with van der Waals surface area (Å²) >= 11 is 0. The van der Waals surface area contributed by atoms with Gasteiger partial charge in [-0.3, -0.25) is 0 Å². The Morgan fingerprint density at radius 2 is 1.85 bits per heavy atom. The highest BCUT2D eigenvalue weighted by molar-refractivity contribution is 5.66. The SMILES string of the molecule is CCNCCCc1ncc(-c2c(C)cc(C)cc2C)o1. The minimum absolute atomic E-state index is 0.831. The fourth-order valence-corrected chi connectivity index (χ4v) is 2.65. The smallest absolute Gasteiger partial charge is 0.194 e. The molecular formula is C17H24N2O. The van der Waals surface area contributed by atoms with Crippen molar-refractivity contribution in [2.24, 2.45) is 0 Å². The molecular weight excluding hydrogens is 248 g/mol. The van der Waals surface area contributed by atoms with Crippen molar-refractivity contribution in [3.63, 3.8) is 0 Å². The van der Waals surface area contributed by atoms with Gasteiger partial charge in [-0.05, 0) is 51.4 Å². The second-order valence-electron chi connectivity index (χ2n) is 5.35. The third-order valence-electron chi connectivity index (χ3n) is 3.47. The van der Waals surface area contributed by atoms with E-state index in [9.17, 15) is 0 Å². The molecule has 3 heteroatoms. The van der Waals surface area contributed by atoms with Gasteiger partial charge < -0.3 is 9.73 Å². The average Bonchev–Trinajstić information content (AvgIpc) is 2.82. The van der Waals surface area contributed by atoms with Crippen LogP contribution in [0.25, 0.3) is 11.3 Å². The molecule has 0 atom stereocenters. The van der Waals surface area contributed by atoms with Crippen LogP contribution in [-0.2, 0) is 6.42 Å². The zero-order valence-corrected chi connectivity index (χ0v) is 12.9. The third kappa shape index (κ3) is 3.48. The summed E-state index contributed by atoms with van der Waals surface area (Å²) in [7, 11) is 0. The lowest BCUT2D eigenvalue weighted by Crippen LogP contribution is -2.14. The highest BCUT2D eigenvalue weighted by atomic mass is 16.4. The van der Waals surface area contributed by atoms with E-state index in [0.29, 0.717) is 0 Å². The number of benzene rings is 1. The van der Waals surface area contributed by atoms with Gasteiger partial charge in [0.25, 0.3) is 0 Å². The number of hydrogen-bond acceptors (Lipinski definition) is 3. The standard InChI is InChI=1S/C17H24N2O/c1-5-18-8-6-7-16-19-11-15(20-16)17-13(3)9-12(2)10-14(17)4/h9-11,18H,5-8H2,1-4H3. The summed E-state index contributed by atoms with van der Waals surface area (Å²) in [5, 5.41) is 3.31. The molecule has 3 nitrogen and oxygen atoms in total. The Balaban J connectivity index is 2.13. The van der Waals surface area contributed by atoms with Crippen LogP contribution < -0.4 is 5.32 Å².